The predicted molar refractivity (Wildman–Crippen MR) is 96.0 cm³/mol. The molecule has 0 bridgehead atoms. The molecule has 2 aliphatic heterocycles. The van der Waals surface area contributed by atoms with Crippen LogP contribution in [0.15, 0.2) is 24.3 Å². The second-order valence-corrected chi connectivity index (χ2v) is 8.51. The van der Waals surface area contributed by atoms with Crippen molar-refractivity contribution in [3.63, 3.8) is 0 Å². The minimum atomic E-state index is -0.298. The number of hydrogen-bond acceptors (Lipinski definition) is 3. The zero-order valence-electron chi connectivity index (χ0n) is 14.9. The molecule has 1 saturated heterocycles. The summed E-state index contributed by atoms with van der Waals surface area (Å²) in [6.45, 7) is 2.81. The van der Waals surface area contributed by atoms with Crippen molar-refractivity contribution in [3.05, 3.63) is 35.4 Å². The Bertz CT molecular complexity index is 666. The molecule has 4 heteroatoms. The van der Waals surface area contributed by atoms with Crippen LogP contribution in [0.3, 0.4) is 0 Å². The van der Waals surface area contributed by atoms with Gasteiger partial charge >= 0.3 is 0 Å². The van der Waals surface area contributed by atoms with E-state index in [4.69, 9.17) is 4.74 Å². The molecule has 2 saturated carbocycles. The van der Waals surface area contributed by atoms with Gasteiger partial charge in [0.05, 0.1) is 12.1 Å². The molecule has 0 radical (unpaired) electrons. The van der Waals surface area contributed by atoms with Crippen molar-refractivity contribution in [1.82, 2.24) is 10.2 Å². The van der Waals surface area contributed by atoms with E-state index in [9.17, 15) is 4.79 Å². The summed E-state index contributed by atoms with van der Waals surface area (Å²) in [4.78, 5) is 15.3. The summed E-state index contributed by atoms with van der Waals surface area (Å²) in [5.41, 5.74) is 2.73. The van der Waals surface area contributed by atoms with Crippen LogP contribution < -0.4 is 5.32 Å². The van der Waals surface area contributed by atoms with Gasteiger partial charge in [-0.3, -0.25) is 9.69 Å². The van der Waals surface area contributed by atoms with Gasteiger partial charge in [-0.1, -0.05) is 37.1 Å². The molecule has 134 valence electrons. The number of benzene rings is 1. The summed E-state index contributed by atoms with van der Waals surface area (Å²) >= 11 is 0. The molecular weight excluding hydrogens is 312 g/mol. The molecule has 2 unspecified atom stereocenters. The molecule has 25 heavy (non-hydrogen) atoms. The van der Waals surface area contributed by atoms with E-state index in [1.165, 1.54) is 36.8 Å². The monoisotopic (exact) mass is 340 g/mol. The van der Waals surface area contributed by atoms with Crippen LogP contribution in [0.5, 0.6) is 0 Å². The summed E-state index contributed by atoms with van der Waals surface area (Å²) in [5, 5.41) is 3.24. The second kappa shape index (κ2) is 6.10. The molecule has 2 aliphatic carbocycles. The topological polar surface area (TPSA) is 41.6 Å². The lowest BCUT2D eigenvalue weighted by Gasteiger charge is -2.35. The third-order valence-corrected chi connectivity index (χ3v) is 6.70. The highest BCUT2D eigenvalue weighted by Gasteiger charge is 2.53. The molecule has 3 fully saturated rings. The molecule has 5 rings (SSSR count). The van der Waals surface area contributed by atoms with Crippen LogP contribution in [0, 0.1) is 5.92 Å². The molecule has 1 aromatic rings. The van der Waals surface area contributed by atoms with Crippen molar-refractivity contribution in [3.8, 4) is 0 Å². The van der Waals surface area contributed by atoms with E-state index >= 15 is 0 Å². The quantitative estimate of drug-likeness (QED) is 0.916. The van der Waals surface area contributed by atoms with E-state index in [1.54, 1.807) is 0 Å². The van der Waals surface area contributed by atoms with Crippen molar-refractivity contribution in [1.29, 1.82) is 0 Å². The summed E-state index contributed by atoms with van der Waals surface area (Å²) in [6, 6.07) is 9.13. The van der Waals surface area contributed by atoms with E-state index in [0.29, 0.717) is 12.6 Å². The van der Waals surface area contributed by atoms with Gasteiger partial charge in [0.25, 0.3) is 0 Å². The van der Waals surface area contributed by atoms with Gasteiger partial charge in [0.1, 0.15) is 6.10 Å². The number of hydrogen-bond donors (Lipinski definition) is 1. The fourth-order valence-corrected chi connectivity index (χ4v) is 5.09. The van der Waals surface area contributed by atoms with Crippen molar-refractivity contribution in [2.24, 2.45) is 5.92 Å². The number of nitrogens with zero attached hydrogens (tertiary/aromatic N) is 1. The molecule has 2 atom stereocenters. The van der Waals surface area contributed by atoms with E-state index in [0.717, 1.165) is 38.3 Å². The highest BCUT2D eigenvalue weighted by molar-refractivity contribution is 5.81. The minimum Gasteiger partial charge on any atom is -0.366 e. The summed E-state index contributed by atoms with van der Waals surface area (Å²) < 4.78 is 6.10. The van der Waals surface area contributed by atoms with Gasteiger partial charge in [-0.05, 0) is 42.7 Å². The number of amides is 1. The highest BCUT2D eigenvalue weighted by Crippen LogP contribution is 2.48. The fourth-order valence-electron chi connectivity index (χ4n) is 5.09. The number of carbonyl (C=O) groups is 1. The van der Waals surface area contributed by atoms with E-state index < -0.39 is 0 Å². The Kier molecular flexibility index (Phi) is 3.86. The van der Waals surface area contributed by atoms with Gasteiger partial charge in [-0.2, -0.15) is 0 Å². The van der Waals surface area contributed by atoms with Gasteiger partial charge in [-0.15, -0.1) is 0 Å². The molecule has 1 amide bonds. The van der Waals surface area contributed by atoms with Crippen LogP contribution >= 0.6 is 0 Å². The Labute approximate surface area is 149 Å². The van der Waals surface area contributed by atoms with E-state index in [2.05, 4.69) is 34.5 Å². The van der Waals surface area contributed by atoms with Crippen molar-refractivity contribution in [2.45, 2.75) is 69.2 Å². The molecule has 4 aliphatic rings. The zero-order chi connectivity index (χ0) is 16.9. The van der Waals surface area contributed by atoms with Gasteiger partial charge in [0, 0.05) is 25.6 Å². The highest BCUT2D eigenvalue weighted by atomic mass is 16.5. The van der Waals surface area contributed by atoms with E-state index in [-0.39, 0.29) is 17.6 Å². The maximum atomic E-state index is 12.7. The Hall–Kier alpha value is -1.39. The van der Waals surface area contributed by atoms with Crippen molar-refractivity contribution >= 4 is 5.91 Å². The standard InChI is InChI=1S/C21H28N2O2/c24-20(22-17-6-2-3-7-17)19-11-21(14-25-19)18-8-4-1-5-16(18)13-23(21)12-15-9-10-15/h1,4-5,8,15,17,19H,2-3,6-7,9-14H2,(H,22,24). The van der Waals surface area contributed by atoms with Gasteiger partial charge < -0.3 is 10.1 Å². The largest absolute Gasteiger partial charge is 0.366 e. The third kappa shape index (κ3) is 2.80. The second-order valence-electron chi connectivity index (χ2n) is 8.51. The summed E-state index contributed by atoms with van der Waals surface area (Å²) in [6.07, 6.45) is 7.94. The van der Waals surface area contributed by atoms with Crippen LogP contribution in [-0.4, -0.2) is 36.1 Å². The van der Waals surface area contributed by atoms with Crippen LogP contribution in [-0.2, 0) is 21.6 Å². The lowest BCUT2D eigenvalue weighted by Crippen LogP contribution is -2.44. The first-order valence-corrected chi connectivity index (χ1v) is 10.00. The number of carbonyl (C=O) groups excluding carboxylic acids is 1. The lowest BCUT2D eigenvalue weighted by atomic mass is 9.86. The normalized spacial score (nSPS) is 32.4. The maximum Gasteiger partial charge on any atom is 0.249 e. The average molecular weight is 340 g/mol. The predicted octanol–water partition coefficient (Wildman–Crippen LogP) is 2.96. The lowest BCUT2D eigenvalue weighted by molar-refractivity contribution is -0.130. The number of nitrogens with one attached hydrogen (secondary N) is 1. The minimum absolute atomic E-state index is 0.0864. The molecule has 1 spiro atoms. The SMILES string of the molecule is O=C(NC1CCCC1)C1CC2(CO1)c1ccccc1CN2CC1CC1. The first-order valence-electron chi connectivity index (χ1n) is 10.00. The Balaban J connectivity index is 1.36. The Morgan fingerprint density at radius 1 is 1.20 bits per heavy atom. The Morgan fingerprint density at radius 2 is 2.00 bits per heavy atom. The van der Waals surface area contributed by atoms with Gasteiger partial charge in [0.15, 0.2) is 0 Å². The first kappa shape index (κ1) is 15.8. The Morgan fingerprint density at radius 3 is 2.80 bits per heavy atom. The van der Waals surface area contributed by atoms with Crippen LogP contribution in [0.2, 0.25) is 0 Å². The molecule has 2 heterocycles. The summed E-state index contributed by atoms with van der Waals surface area (Å²) in [5.74, 6) is 0.956. The van der Waals surface area contributed by atoms with Gasteiger partial charge in [0.2, 0.25) is 5.91 Å². The number of rotatable bonds is 4. The van der Waals surface area contributed by atoms with Crippen LogP contribution in [0.25, 0.3) is 0 Å². The molecule has 1 N–H and O–H groups in total. The smallest absolute Gasteiger partial charge is 0.249 e. The first-order chi connectivity index (χ1) is 12.2. The summed E-state index contributed by atoms with van der Waals surface area (Å²) in [7, 11) is 0. The van der Waals surface area contributed by atoms with Crippen molar-refractivity contribution < 1.29 is 9.53 Å². The third-order valence-electron chi connectivity index (χ3n) is 6.70. The molecule has 4 nitrogen and oxygen atoms in total. The maximum absolute atomic E-state index is 12.7. The number of fused-ring (bicyclic) bond motifs is 2. The van der Waals surface area contributed by atoms with Gasteiger partial charge in [-0.25, -0.2) is 0 Å². The van der Waals surface area contributed by atoms with Crippen molar-refractivity contribution in [2.75, 3.05) is 13.2 Å². The van der Waals surface area contributed by atoms with Crippen LogP contribution in [0.1, 0.15) is 56.1 Å². The zero-order valence-corrected chi connectivity index (χ0v) is 14.9. The molecular formula is C21H28N2O2. The van der Waals surface area contributed by atoms with Crippen LogP contribution in [0.4, 0.5) is 0 Å². The fraction of sp³-hybridized carbons (Fsp3) is 0.667. The van der Waals surface area contributed by atoms with E-state index in [1.807, 2.05) is 0 Å². The number of ether oxygens (including phenoxy) is 1. The molecule has 0 aromatic heterocycles. The molecule has 1 aromatic carbocycles. The average Bonchev–Trinajstić information content (AvgIpc) is 3.03.